The first-order valence-electron chi connectivity index (χ1n) is 18.0. The molecule has 0 saturated heterocycles. The number of hydrogen-bond acceptors (Lipinski definition) is 13. The zero-order chi connectivity index (χ0) is 40.9. The Morgan fingerprint density at radius 2 is 1.36 bits per heavy atom. The SMILES string of the molecule is CCCCCCCCCCCc1cccc(O)c1C1=N[C@@H](C(=O)NCC(=O)NCC(=O)N[C@H](C(=O)NCC(=O)N[C@@H](CO)[C@H](O)C(=O)O)C(O)C(=O)O)CO1. The molecule has 1 unspecified atom stereocenters. The van der Waals surface area contributed by atoms with Crippen molar-refractivity contribution in [3.63, 3.8) is 0 Å². The standard InChI is InChI=1S/C35H52N6O14/c1-2-3-4-5-6-7-8-9-10-12-20-13-11-14-23(43)27(20)33-40-22(19-55-33)31(49)37-15-24(44)36-16-26(46)41-28(30(48)35(53)54)32(50)38-17-25(45)39-21(18-42)29(47)34(51)52/h11,13-14,21-22,28-30,42-43,47-48H,2-10,12,15-19H2,1H3,(H,36,44)(H,37,49)(H,38,50)(H,39,45)(H,41,46)(H,51,52)(H,53,54)/t21-,22+,28-,29-,30?/m0/s1. The Morgan fingerprint density at radius 3 is 1.98 bits per heavy atom. The average Bonchev–Trinajstić information content (AvgIpc) is 3.65. The number of aliphatic carboxylic acids is 2. The van der Waals surface area contributed by atoms with Gasteiger partial charge in [-0.2, -0.15) is 0 Å². The number of carboxylic acids is 2. The maximum atomic E-state index is 12.8. The van der Waals surface area contributed by atoms with E-state index >= 15 is 0 Å². The maximum absolute atomic E-state index is 12.8. The van der Waals surface area contributed by atoms with E-state index in [4.69, 9.17) is 14.9 Å². The molecule has 0 spiro atoms. The predicted octanol–water partition coefficient (Wildman–Crippen LogP) is -2.19. The van der Waals surface area contributed by atoms with Gasteiger partial charge in [0.25, 0.3) is 0 Å². The van der Waals surface area contributed by atoms with E-state index in [1.807, 2.05) is 22.0 Å². The van der Waals surface area contributed by atoms with Gasteiger partial charge in [-0.25, -0.2) is 14.6 Å². The van der Waals surface area contributed by atoms with E-state index in [0.29, 0.717) is 12.0 Å². The molecule has 0 bridgehead atoms. The largest absolute Gasteiger partial charge is 0.507 e. The molecule has 11 N–H and O–H groups in total. The van der Waals surface area contributed by atoms with Crippen LogP contribution in [0.25, 0.3) is 0 Å². The van der Waals surface area contributed by atoms with Gasteiger partial charge in [-0.1, -0.05) is 70.4 Å². The Kier molecular flexibility index (Phi) is 20.1. The molecule has 306 valence electrons. The summed E-state index contributed by atoms with van der Waals surface area (Å²) >= 11 is 0. The van der Waals surface area contributed by atoms with Crippen molar-refractivity contribution < 1.29 is 68.9 Å². The third kappa shape index (κ3) is 15.9. The summed E-state index contributed by atoms with van der Waals surface area (Å²) in [5, 5.41) is 67.4. The molecule has 0 radical (unpaired) electrons. The second-order valence-corrected chi connectivity index (χ2v) is 12.8. The summed E-state index contributed by atoms with van der Waals surface area (Å²) in [7, 11) is 0. The number of aromatic hydroxyl groups is 1. The van der Waals surface area contributed by atoms with Crippen molar-refractivity contribution in [2.45, 2.75) is 101 Å². The maximum Gasteiger partial charge on any atom is 0.335 e. The van der Waals surface area contributed by atoms with Crippen LogP contribution in [0, 0.1) is 0 Å². The van der Waals surface area contributed by atoms with E-state index in [1.165, 1.54) is 44.6 Å². The molecule has 1 aromatic rings. The molecule has 1 heterocycles. The molecule has 20 nitrogen and oxygen atoms in total. The third-order valence-corrected chi connectivity index (χ3v) is 8.48. The molecule has 1 aliphatic rings. The van der Waals surface area contributed by atoms with Crippen LogP contribution in [0.15, 0.2) is 23.2 Å². The Morgan fingerprint density at radius 1 is 0.782 bits per heavy atom. The number of carbonyl (C=O) groups excluding carboxylic acids is 5. The van der Waals surface area contributed by atoms with E-state index in [9.17, 15) is 54.0 Å². The highest BCUT2D eigenvalue weighted by Gasteiger charge is 2.34. The van der Waals surface area contributed by atoms with Crippen LogP contribution in [0.1, 0.15) is 75.8 Å². The second-order valence-electron chi connectivity index (χ2n) is 12.8. The van der Waals surface area contributed by atoms with Crippen LogP contribution in [0.2, 0.25) is 0 Å². The fourth-order valence-electron chi connectivity index (χ4n) is 5.43. The molecular formula is C35H52N6O14. The number of aliphatic hydroxyl groups excluding tert-OH is 3. The number of unbranched alkanes of at least 4 members (excludes halogenated alkanes) is 8. The van der Waals surface area contributed by atoms with Gasteiger partial charge in [0.2, 0.25) is 35.4 Å². The molecule has 0 saturated carbocycles. The average molecular weight is 781 g/mol. The number of nitrogens with one attached hydrogen (secondary N) is 5. The summed E-state index contributed by atoms with van der Waals surface area (Å²) in [6.07, 6.45) is 6.42. The Bertz CT molecular complexity index is 1520. The van der Waals surface area contributed by atoms with Crippen molar-refractivity contribution in [1.29, 1.82) is 0 Å². The number of amides is 5. The fraction of sp³-hybridized carbons (Fsp3) is 0.600. The Balaban J connectivity index is 1.85. The van der Waals surface area contributed by atoms with Gasteiger partial charge < -0.3 is 62.0 Å². The minimum atomic E-state index is -2.51. The van der Waals surface area contributed by atoms with Crippen LogP contribution in [0.3, 0.4) is 0 Å². The molecule has 0 aliphatic carbocycles. The van der Waals surface area contributed by atoms with Crippen LogP contribution < -0.4 is 26.6 Å². The van der Waals surface area contributed by atoms with E-state index in [1.54, 1.807) is 6.07 Å². The molecule has 1 aliphatic heterocycles. The molecule has 2 rings (SSSR count). The van der Waals surface area contributed by atoms with Crippen LogP contribution in [-0.4, -0.2) is 141 Å². The lowest BCUT2D eigenvalue weighted by molar-refractivity contribution is -0.152. The lowest BCUT2D eigenvalue weighted by Gasteiger charge is -2.22. The number of ether oxygens (including phenoxy) is 1. The number of hydrogen-bond donors (Lipinski definition) is 11. The molecule has 0 fully saturated rings. The third-order valence-electron chi connectivity index (χ3n) is 8.48. The lowest BCUT2D eigenvalue weighted by atomic mass is 9.99. The minimum absolute atomic E-state index is 0.0445. The van der Waals surface area contributed by atoms with Crippen LogP contribution in [-0.2, 0) is 44.7 Å². The summed E-state index contributed by atoms with van der Waals surface area (Å²) in [4.78, 5) is 88.7. The first kappa shape index (κ1) is 45.8. The van der Waals surface area contributed by atoms with E-state index < -0.39 is 98.0 Å². The van der Waals surface area contributed by atoms with Gasteiger partial charge in [0.1, 0.15) is 18.4 Å². The molecule has 0 aromatic heterocycles. The van der Waals surface area contributed by atoms with Crippen molar-refractivity contribution in [3.8, 4) is 5.75 Å². The number of aliphatic imine (C=N–C) groups is 1. The number of aryl methyl sites for hydroxylation is 1. The molecule has 5 amide bonds. The highest BCUT2D eigenvalue weighted by Crippen LogP contribution is 2.27. The van der Waals surface area contributed by atoms with Crippen LogP contribution in [0.5, 0.6) is 5.75 Å². The summed E-state index contributed by atoms with van der Waals surface area (Å²) in [6, 6.07) is 0.226. The highest BCUT2D eigenvalue weighted by atomic mass is 16.5. The van der Waals surface area contributed by atoms with Crippen LogP contribution in [0.4, 0.5) is 0 Å². The number of phenols is 1. The van der Waals surface area contributed by atoms with Crippen molar-refractivity contribution in [1.82, 2.24) is 26.6 Å². The zero-order valence-electron chi connectivity index (χ0n) is 30.6. The van der Waals surface area contributed by atoms with Crippen molar-refractivity contribution in [3.05, 3.63) is 29.3 Å². The van der Waals surface area contributed by atoms with Crippen LogP contribution >= 0.6 is 0 Å². The Labute approximate surface area is 317 Å². The Hall–Kier alpha value is -5.34. The van der Waals surface area contributed by atoms with E-state index in [0.717, 1.165) is 24.8 Å². The van der Waals surface area contributed by atoms with Gasteiger partial charge >= 0.3 is 11.9 Å². The number of aliphatic hydroxyl groups is 3. The normalized spacial score (nSPS) is 15.6. The lowest BCUT2D eigenvalue weighted by Crippen LogP contribution is -2.58. The first-order chi connectivity index (χ1) is 26.2. The quantitative estimate of drug-likeness (QED) is 0.0445. The summed E-state index contributed by atoms with van der Waals surface area (Å²) < 4.78 is 5.65. The minimum Gasteiger partial charge on any atom is -0.507 e. The van der Waals surface area contributed by atoms with Gasteiger partial charge in [-0.3, -0.25) is 24.0 Å². The summed E-state index contributed by atoms with van der Waals surface area (Å²) in [6.45, 7) is -1.34. The summed E-state index contributed by atoms with van der Waals surface area (Å²) in [5.41, 5.74) is 1.22. The van der Waals surface area contributed by atoms with Crippen molar-refractivity contribution >= 4 is 47.4 Å². The number of benzene rings is 1. The highest BCUT2D eigenvalue weighted by molar-refractivity contribution is 6.02. The van der Waals surface area contributed by atoms with Gasteiger partial charge in [0.05, 0.1) is 37.8 Å². The topological polar surface area (TPSA) is 323 Å². The number of nitrogens with zero attached hydrogens (tertiary/aromatic N) is 1. The number of rotatable bonds is 26. The monoisotopic (exact) mass is 780 g/mol. The molecule has 20 heteroatoms. The van der Waals surface area contributed by atoms with Crippen molar-refractivity contribution in [2.75, 3.05) is 32.8 Å². The molecule has 55 heavy (non-hydrogen) atoms. The predicted molar refractivity (Wildman–Crippen MR) is 193 cm³/mol. The number of carbonyl (C=O) groups is 7. The fourth-order valence-corrected chi connectivity index (χ4v) is 5.43. The van der Waals surface area contributed by atoms with Gasteiger partial charge in [0.15, 0.2) is 18.2 Å². The number of phenolic OH excluding ortho intramolecular Hbond substituents is 1. The zero-order valence-corrected chi connectivity index (χ0v) is 30.6. The smallest absolute Gasteiger partial charge is 0.335 e. The molecular weight excluding hydrogens is 728 g/mol. The molecule has 5 atom stereocenters. The number of carboxylic acid groups (broad SMARTS) is 2. The molecule has 1 aromatic carbocycles. The van der Waals surface area contributed by atoms with E-state index in [2.05, 4.69) is 22.5 Å². The summed E-state index contributed by atoms with van der Waals surface area (Å²) in [5.74, 6) is -8.81. The van der Waals surface area contributed by atoms with E-state index in [-0.39, 0.29) is 18.3 Å². The van der Waals surface area contributed by atoms with Crippen molar-refractivity contribution in [2.24, 2.45) is 4.99 Å². The van der Waals surface area contributed by atoms with Gasteiger partial charge in [-0.15, -0.1) is 0 Å². The van der Waals surface area contributed by atoms with Gasteiger partial charge in [0, 0.05) is 0 Å². The first-order valence-corrected chi connectivity index (χ1v) is 18.0. The second kappa shape index (κ2) is 24.1. The van der Waals surface area contributed by atoms with Gasteiger partial charge in [-0.05, 0) is 24.5 Å².